The van der Waals surface area contributed by atoms with E-state index in [1.165, 1.54) is 6.92 Å². The quantitative estimate of drug-likeness (QED) is 0.328. The van der Waals surface area contributed by atoms with Gasteiger partial charge in [-0.15, -0.1) is 0 Å². The van der Waals surface area contributed by atoms with Gasteiger partial charge < -0.3 is 7.59 Å². The van der Waals surface area contributed by atoms with E-state index in [0.717, 1.165) is 0 Å². The van der Waals surface area contributed by atoms with Gasteiger partial charge in [0.1, 0.15) is 0 Å². The summed E-state index contributed by atoms with van der Waals surface area (Å²) in [4.78, 5) is 22.3. The second kappa shape index (κ2) is 6.37. The Kier molecular flexibility index (Phi) is 5.89. The van der Waals surface area contributed by atoms with Gasteiger partial charge in [-0.1, -0.05) is 24.8 Å². The predicted molar refractivity (Wildman–Crippen MR) is 59.7 cm³/mol. The van der Waals surface area contributed by atoms with Crippen LogP contribution in [0.5, 0.6) is 0 Å². The minimum absolute atomic E-state index is 0. The summed E-state index contributed by atoms with van der Waals surface area (Å²) in [6.07, 6.45) is 0. The molecule has 15 heavy (non-hydrogen) atoms. The molecule has 0 atom stereocenters. The van der Waals surface area contributed by atoms with Crippen LogP contribution in [0, 0.1) is 0 Å². The van der Waals surface area contributed by atoms with E-state index in [2.05, 4.69) is 11.3 Å². The molecular weight excluding hydrogens is 204 g/mol. The van der Waals surface area contributed by atoms with E-state index in [1.807, 2.05) is 0 Å². The van der Waals surface area contributed by atoms with E-state index in [9.17, 15) is 9.59 Å². The first-order chi connectivity index (χ1) is 6.61. The summed E-state index contributed by atoms with van der Waals surface area (Å²) in [5.41, 5.74) is 0.552. The monoisotopic (exact) mass is 216 g/mol. The second-order valence-electron chi connectivity index (χ2n) is 2.82. The van der Waals surface area contributed by atoms with Gasteiger partial charge in [-0.25, -0.2) is 9.59 Å². The van der Waals surface area contributed by atoms with Crippen molar-refractivity contribution in [1.29, 1.82) is 0 Å². The Morgan fingerprint density at radius 1 is 1.27 bits per heavy atom. The Morgan fingerprint density at radius 2 is 1.80 bits per heavy atom. The molecule has 0 N–H and O–H groups in total. The van der Waals surface area contributed by atoms with E-state index in [4.69, 9.17) is 0 Å². The van der Waals surface area contributed by atoms with Crippen molar-refractivity contribution in [2.24, 2.45) is 0 Å². The summed E-state index contributed by atoms with van der Waals surface area (Å²) in [7, 11) is 0. The van der Waals surface area contributed by atoms with Gasteiger partial charge in [0.15, 0.2) is 0 Å². The van der Waals surface area contributed by atoms with Crippen LogP contribution in [0.15, 0.2) is 42.5 Å². The number of esters is 2. The van der Waals surface area contributed by atoms with Crippen molar-refractivity contribution >= 4 is 35.0 Å². The van der Waals surface area contributed by atoms with E-state index >= 15 is 0 Å². The normalized spacial score (nSPS) is 8.60. The Bertz CT molecular complexity index is 380. The fourth-order valence-electron chi connectivity index (χ4n) is 0.804. The fraction of sp³-hybridized carbons (Fsp3) is 0.0909. The van der Waals surface area contributed by atoms with Crippen LogP contribution in [-0.2, 0) is 9.53 Å². The van der Waals surface area contributed by atoms with Gasteiger partial charge in [0.25, 0.3) is 0 Å². The summed E-state index contributed by atoms with van der Waals surface area (Å²) < 4.78 is 4.52. The molecule has 0 heterocycles. The average Bonchev–Trinajstić information content (AvgIpc) is 2.19. The molecule has 0 unspecified atom stereocenters. The maximum atomic E-state index is 11.3. The number of carbonyl (C=O) groups is 2. The van der Waals surface area contributed by atoms with Gasteiger partial charge in [-0.3, -0.25) is 0 Å². The van der Waals surface area contributed by atoms with E-state index < -0.39 is 11.9 Å². The van der Waals surface area contributed by atoms with Gasteiger partial charge in [-0.05, 0) is 19.1 Å². The average molecular weight is 217 g/mol. The Hall–Kier alpha value is -1.13. The first-order valence-electron chi connectivity index (χ1n) is 4.08. The molecule has 0 spiro atoms. The summed E-state index contributed by atoms with van der Waals surface area (Å²) in [6, 6.07) is 8.32. The number of hydrogen-bond donors (Lipinski definition) is 0. The van der Waals surface area contributed by atoms with Crippen LogP contribution in [-0.4, -0.2) is 35.0 Å². The second-order valence-corrected chi connectivity index (χ2v) is 2.82. The molecule has 76 valence electrons. The van der Waals surface area contributed by atoms with Crippen molar-refractivity contribution in [2.45, 2.75) is 6.92 Å². The number of hydrogen-bond acceptors (Lipinski definition) is 3. The van der Waals surface area contributed by atoms with E-state index in [0.29, 0.717) is 5.56 Å². The Labute approximate surface area is 107 Å². The van der Waals surface area contributed by atoms with Crippen molar-refractivity contribution in [3.63, 3.8) is 0 Å². The van der Waals surface area contributed by atoms with Crippen molar-refractivity contribution < 1.29 is 17.2 Å². The molecule has 0 bridgehead atoms. The van der Waals surface area contributed by atoms with E-state index in [-0.39, 0.29) is 31.5 Å². The largest absolute Gasteiger partial charge is 2.00 e. The summed E-state index contributed by atoms with van der Waals surface area (Å²) >= 11 is 0. The molecular formula is C11H12MgO3. The van der Waals surface area contributed by atoms with Crippen LogP contribution in [0.4, 0.5) is 0 Å². The van der Waals surface area contributed by atoms with Crippen LogP contribution >= 0.6 is 0 Å². The van der Waals surface area contributed by atoms with Crippen LogP contribution in [0.1, 0.15) is 20.1 Å². The van der Waals surface area contributed by atoms with Gasteiger partial charge in [-0.2, -0.15) is 0 Å². The van der Waals surface area contributed by atoms with Crippen LogP contribution in [0.3, 0.4) is 0 Å². The SMILES string of the molecule is C=C(C)C(=O)OC(=O)c1ccccc1.[H-].[H-].[Mg+2]. The maximum Gasteiger partial charge on any atom is 2.00 e. The zero-order valence-corrected chi connectivity index (χ0v) is 9.94. The molecule has 1 aromatic rings. The molecule has 1 rings (SSSR count). The smallest absolute Gasteiger partial charge is 1.00 e. The molecule has 0 aliphatic rings. The van der Waals surface area contributed by atoms with Gasteiger partial charge in [0.05, 0.1) is 5.56 Å². The number of ether oxygens (including phenoxy) is 1. The zero-order chi connectivity index (χ0) is 10.6. The molecule has 0 saturated heterocycles. The first kappa shape index (κ1) is 13.9. The standard InChI is InChI=1S/C11H10O3.Mg.2H/c1-8(2)10(12)14-11(13)9-6-4-3-5-7-9;;;/h3-7H,1H2,2H3;;;/q;+2;2*-1. The molecule has 0 radical (unpaired) electrons. The third-order valence-electron chi connectivity index (χ3n) is 1.54. The topological polar surface area (TPSA) is 43.4 Å². The molecule has 4 heteroatoms. The van der Waals surface area contributed by atoms with Crippen molar-refractivity contribution in [2.75, 3.05) is 0 Å². The molecule has 1 aromatic carbocycles. The summed E-state index contributed by atoms with van der Waals surface area (Å²) in [6.45, 7) is 4.86. The molecule has 0 amide bonds. The maximum absolute atomic E-state index is 11.3. The minimum Gasteiger partial charge on any atom is -1.00 e. The molecule has 0 saturated carbocycles. The van der Waals surface area contributed by atoms with Crippen molar-refractivity contribution in [1.82, 2.24) is 0 Å². The van der Waals surface area contributed by atoms with Crippen molar-refractivity contribution in [3.05, 3.63) is 48.0 Å². The molecule has 0 aliphatic heterocycles. The van der Waals surface area contributed by atoms with Crippen LogP contribution in [0.25, 0.3) is 0 Å². The van der Waals surface area contributed by atoms with Crippen LogP contribution in [0.2, 0.25) is 0 Å². The van der Waals surface area contributed by atoms with Crippen molar-refractivity contribution in [3.8, 4) is 0 Å². The van der Waals surface area contributed by atoms with E-state index in [1.54, 1.807) is 30.3 Å². The van der Waals surface area contributed by atoms with Crippen LogP contribution < -0.4 is 0 Å². The third kappa shape index (κ3) is 4.27. The molecule has 3 nitrogen and oxygen atoms in total. The number of carbonyl (C=O) groups excluding carboxylic acids is 2. The molecule has 0 fully saturated rings. The zero-order valence-electron chi connectivity index (χ0n) is 10.5. The van der Waals surface area contributed by atoms with Gasteiger partial charge in [0.2, 0.25) is 0 Å². The number of benzene rings is 1. The molecule has 0 aliphatic carbocycles. The van der Waals surface area contributed by atoms with Gasteiger partial charge in [0, 0.05) is 5.57 Å². The number of rotatable bonds is 2. The first-order valence-corrected chi connectivity index (χ1v) is 4.08. The summed E-state index contributed by atoms with van der Waals surface area (Å²) in [5.74, 6) is -1.35. The summed E-state index contributed by atoms with van der Waals surface area (Å²) in [5, 5.41) is 0. The molecule has 0 aromatic heterocycles. The third-order valence-corrected chi connectivity index (χ3v) is 1.54. The van der Waals surface area contributed by atoms with Gasteiger partial charge >= 0.3 is 35.0 Å². The fourth-order valence-corrected chi connectivity index (χ4v) is 0.804. The Balaban J connectivity index is -0.000000653. The Morgan fingerprint density at radius 3 is 2.27 bits per heavy atom. The minimum atomic E-state index is -0.696. The predicted octanol–water partition coefficient (Wildman–Crippen LogP) is 1.79.